The summed E-state index contributed by atoms with van der Waals surface area (Å²) in [6, 6.07) is 0. The number of carbonyl (C=O) groups excluding carboxylic acids is 2. The first-order valence-electron chi connectivity index (χ1n) is 4.65. The van der Waals surface area contributed by atoms with Crippen LogP contribution in [0.25, 0.3) is 0 Å². The lowest BCUT2D eigenvalue weighted by molar-refractivity contribution is -0.161. The molecule has 0 aromatic rings. The van der Waals surface area contributed by atoms with Gasteiger partial charge in [0.1, 0.15) is 0 Å². The normalized spacial score (nSPS) is 16.1. The zero-order chi connectivity index (χ0) is 12.8. The molecule has 16 heavy (non-hydrogen) atoms. The largest absolute Gasteiger partial charge is 0.467 e. The Kier molecular flexibility index (Phi) is 6.71. The van der Waals surface area contributed by atoms with Crippen molar-refractivity contribution < 1.29 is 23.8 Å². The Labute approximate surface area is 104 Å². The van der Waals surface area contributed by atoms with E-state index in [0.717, 1.165) is 7.11 Å². The number of hydrogen-bond donors (Lipinski definition) is 0. The van der Waals surface area contributed by atoms with Gasteiger partial charge in [0.15, 0.2) is 5.56 Å². The molecule has 0 bridgehead atoms. The van der Waals surface area contributed by atoms with Gasteiger partial charge in [-0.25, -0.2) is 9.59 Å². The maximum atomic E-state index is 11.6. The van der Waals surface area contributed by atoms with Crippen molar-refractivity contribution in [2.75, 3.05) is 20.3 Å². The highest BCUT2D eigenvalue weighted by Crippen LogP contribution is 2.29. The number of hydrogen-bond acceptors (Lipinski definition) is 5. The number of esters is 2. The summed E-state index contributed by atoms with van der Waals surface area (Å²) in [5.41, 5.74) is -1.36. The van der Waals surface area contributed by atoms with Gasteiger partial charge in [0.2, 0.25) is 0 Å². The third-order valence-electron chi connectivity index (χ3n) is 1.68. The Balaban J connectivity index is 5.01. The molecule has 2 atom stereocenters. The average Bonchev–Trinajstić information content (AvgIpc) is 2.27. The molecule has 0 aromatic heterocycles. The number of halogens is 2. The molecule has 0 saturated carbocycles. The quantitative estimate of drug-likeness (QED) is 0.414. The number of methoxy groups -OCH3 is 1. The number of rotatable bonds is 6. The summed E-state index contributed by atoms with van der Waals surface area (Å²) in [6.45, 7) is 3.49. The van der Waals surface area contributed by atoms with Crippen molar-refractivity contribution >= 4 is 35.1 Å². The van der Waals surface area contributed by atoms with Crippen LogP contribution in [-0.2, 0) is 23.8 Å². The fourth-order valence-electron chi connectivity index (χ4n) is 0.914. The smallest absolute Gasteiger partial charge is 0.343 e. The number of carbonyl (C=O) groups is 2. The first kappa shape index (κ1) is 15.5. The highest BCUT2D eigenvalue weighted by atomic mass is 35.5. The highest BCUT2D eigenvalue weighted by Gasteiger charge is 2.54. The molecule has 2 unspecified atom stereocenters. The molecule has 0 amide bonds. The van der Waals surface area contributed by atoms with Crippen molar-refractivity contribution in [2.24, 2.45) is 0 Å². The molecule has 0 aliphatic carbocycles. The summed E-state index contributed by atoms with van der Waals surface area (Å²) < 4.78 is 14.0. The Morgan fingerprint density at radius 2 is 1.81 bits per heavy atom. The van der Waals surface area contributed by atoms with E-state index < -0.39 is 22.4 Å². The Hall–Kier alpha value is -0.520. The molecule has 0 spiro atoms. The van der Waals surface area contributed by atoms with Crippen molar-refractivity contribution in [1.82, 2.24) is 0 Å². The van der Waals surface area contributed by atoms with Crippen molar-refractivity contribution in [2.45, 2.75) is 24.3 Å². The average molecular weight is 273 g/mol. The zero-order valence-electron chi connectivity index (χ0n) is 9.29. The van der Waals surface area contributed by atoms with Gasteiger partial charge in [0.25, 0.3) is 4.87 Å². The summed E-state index contributed by atoms with van der Waals surface area (Å²) in [5, 5.41) is 0. The third-order valence-corrected chi connectivity index (χ3v) is 2.75. The lowest BCUT2D eigenvalue weighted by Crippen LogP contribution is -2.51. The van der Waals surface area contributed by atoms with Crippen LogP contribution in [0, 0.1) is 0 Å². The first-order valence-corrected chi connectivity index (χ1v) is 5.46. The minimum absolute atomic E-state index is 0.0695. The molecular weight excluding hydrogens is 259 g/mol. The van der Waals surface area contributed by atoms with Gasteiger partial charge in [-0.15, -0.1) is 0 Å². The second-order valence-electron chi connectivity index (χ2n) is 2.70. The summed E-state index contributed by atoms with van der Waals surface area (Å²) in [4.78, 5) is 20.8. The van der Waals surface area contributed by atoms with Gasteiger partial charge >= 0.3 is 11.9 Å². The van der Waals surface area contributed by atoms with Crippen LogP contribution in [0.2, 0.25) is 0 Å². The Bertz CT molecular complexity index is 258. The second kappa shape index (κ2) is 6.93. The van der Waals surface area contributed by atoms with Crippen LogP contribution in [0.5, 0.6) is 0 Å². The van der Waals surface area contributed by atoms with E-state index in [0.29, 0.717) is 0 Å². The van der Waals surface area contributed by atoms with Gasteiger partial charge in [-0.05, 0) is 13.8 Å². The molecule has 7 heteroatoms. The van der Waals surface area contributed by atoms with Crippen LogP contribution in [-0.4, -0.2) is 42.7 Å². The molecule has 0 rings (SSSR count). The molecule has 0 heterocycles. The highest BCUT2D eigenvalue weighted by molar-refractivity contribution is 6.49. The molecule has 0 saturated heterocycles. The Morgan fingerprint density at radius 1 is 1.25 bits per heavy atom. The van der Waals surface area contributed by atoms with Gasteiger partial charge in [-0.2, -0.15) is 0 Å². The molecule has 94 valence electrons. The fraction of sp³-hybridized carbons (Fsp3) is 0.778. The summed E-state index contributed by atoms with van der Waals surface area (Å²) in [5.74, 6) is -2.00. The maximum Gasteiger partial charge on any atom is 0.343 e. The predicted molar refractivity (Wildman–Crippen MR) is 58.5 cm³/mol. The minimum Gasteiger partial charge on any atom is -0.467 e. The van der Waals surface area contributed by atoms with E-state index in [2.05, 4.69) is 9.47 Å². The van der Waals surface area contributed by atoms with E-state index >= 15 is 0 Å². The molecule has 0 aromatic carbocycles. The molecule has 0 aliphatic rings. The standard InChI is InChI=1S/C9H14Cl2O5/c1-4-15-6(10)9(11,7(12)14-3)8(13)16-5-2/h6H,4-5H2,1-3H3. The van der Waals surface area contributed by atoms with E-state index in [9.17, 15) is 9.59 Å². The van der Waals surface area contributed by atoms with Gasteiger partial charge in [-0.1, -0.05) is 23.2 Å². The Morgan fingerprint density at radius 3 is 2.19 bits per heavy atom. The van der Waals surface area contributed by atoms with E-state index in [-0.39, 0.29) is 13.2 Å². The third kappa shape index (κ3) is 3.23. The van der Waals surface area contributed by atoms with Crippen molar-refractivity contribution in [1.29, 1.82) is 0 Å². The zero-order valence-corrected chi connectivity index (χ0v) is 10.8. The van der Waals surface area contributed by atoms with Crippen LogP contribution in [0.1, 0.15) is 13.8 Å². The van der Waals surface area contributed by atoms with Gasteiger partial charge in [0.05, 0.1) is 13.7 Å². The van der Waals surface area contributed by atoms with Gasteiger partial charge in [-0.3, -0.25) is 0 Å². The predicted octanol–water partition coefficient (Wildman–Crippen LogP) is 1.30. The van der Waals surface area contributed by atoms with Crippen LogP contribution >= 0.6 is 23.2 Å². The van der Waals surface area contributed by atoms with Crippen LogP contribution in [0.4, 0.5) is 0 Å². The molecule has 0 fully saturated rings. The van der Waals surface area contributed by atoms with E-state index in [1.165, 1.54) is 0 Å². The van der Waals surface area contributed by atoms with Gasteiger partial charge in [0, 0.05) is 6.61 Å². The van der Waals surface area contributed by atoms with Gasteiger partial charge < -0.3 is 14.2 Å². The molecule has 0 aliphatic heterocycles. The number of alkyl halides is 2. The summed E-state index contributed by atoms with van der Waals surface area (Å²) >= 11 is 11.6. The summed E-state index contributed by atoms with van der Waals surface area (Å²) in [7, 11) is 1.09. The van der Waals surface area contributed by atoms with Crippen LogP contribution in [0.15, 0.2) is 0 Å². The lowest BCUT2D eigenvalue weighted by Gasteiger charge is -2.26. The van der Waals surface area contributed by atoms with Crippen molar-refractivity contribution in [3.8, 4) is 0 Å². The topological polar surface area (TPSA) is 61.8 Å². The van der Waals surface area contributed by atoms with E-state index in [4.69, 9.17) is 27.9 Å². The molecule has 0 N–H and O–H groups in total. The van der Waals surface area contributed by atoms with E-state index in [1.54, 1.807) is 13.8 Å². The van der Waals surface area contributed by atoms with Crippen LogP contribution in [0.3, 0.4) is 0 Å². The maximum absolute atomic E-state index is 11.6. The molecule has 5 nitrogen and oxygen atoms in total. The fourth-order valence-corrected chi connectivity index (χ4v) is 1.41. The van der Waals surface area contributed by atoms with Crippen LogP contribution < -0.4 is 0 Å². The number of ether oxygens (including phenoxy) is 3. The molecular formula is C9H14Cl2O5. The minimum atomic E-state index is -2.18. The van der Waals surface area contributed by atoms with Crippen molar-refractivity contribution in [3.05, 3.63) is 0 Å². The van der Waals surface area contributed by atoms with Crippen molar-refractivity contribution in [3.63, 3.8) is 0 Å². The lowest BCUT2D eigenvalue weighted by atomic mass is 10.1. The first-order chi connectivity index (χ1) is 7.44. The molecule has 0 radical (unpaired) electrons. The SMILES string of the molecule is CCOC(=O)C(Cl)(C(=O)OC)C(Cl)OCC. The van der Waals surface area contributed by atoms with E-state index in [1.807, 2.05) is 0 Å². The monoisotopic (exact) mass is 272 g/mol. The summed E-state index contributed by atoms with van der Waals surface area (Å²) in [6.07, 6.45) is 0. The second-order valence-corrected chi connectivity index (χ2v) is 3.69.